The summed E-state index contributed by atoms with van der Waals surface area (Å²) in [6, 6.07) is 2.00. The molecule has 0 aliphatic heterocycles. The van der Waals surface area contributed by atoms with Gasteiger partial charge in [-0.05, 0) is 34.5 Å². The predicted octanol–water partition coefficient (Wildman–Crippen LogP) is 2.24. The predicted molar refractivity (Wildman–Crippen MR) is 54.5 cm³/mol. The Morgan fingerprint density at radius 3 is 3.00 bits per heavy atom. The molecule has 0 bridgehead atoms. The lowest BCUT2D eigenvalue weighted by atomic mass is 10.3. The highest BCUT2D eigenvalue weighted by molar-refractivity contribution is 9.10. The molecule has 0 spiro atoms. The van der Waals surface area contributed by atoms with Crippen molar-refractivity contribution in [3.8, 4) is 0 Å². The third-order valence-corrected chi connectivity index (χ3v) is 3.10. The highest BCUT2D eigenvalue weighted by Gasteiger charge is 1.98. The van der Waals surface area contributed by atoms with Crippen LogP contribution in [0.25, 0.3) is 0 Å². The molecule has 1 rings (SSSR count). The summed E-state index contributed by atoms with van der Waals surface area (Å²) in [7, 11) is 0. The Morgan fingerprint density at radius 2 is 2.42 bits per heavy atom. The van der Waals surface area contributed by atoms with Gasteiger partial charge in [-0.2, -0.15) is 0 Å². The van der Waals surface area contributed by atoms with E-state index in [2.05, 4.69) is 20.9 Å². The number of thioether (sulfide) groups is 1. The van der Waals surface area contributed by atoms with Gasteiger partial charge in [0.05, 0.1) is 11.6 Å². The molecule has 0 saturated heterocycles. The fourth-order valence-electron chi connectivity index (χ4n) is 0.743. The lowest BCUT2D eigenvalue weighted by Gasteiger charge is -2.01. The van der Waals surface area contributed by atoms with Crippen molar-refractivity contribution in [1.29, 1.82) is 0 Å². The molecule has 0 saturated carbocycles. The number of aliphatic hydroxyl groups excluding tert-OH is 1. The molecule has 0 aliphatic carbocycles. The summed E-state index contributed by atoms with van der Waals surface area (Å²) in [6.07, 6.45) is 1.79. The minimum absolute atomic E-state index is 0.196. The Hall–Kier alpha value is -0.0600. The highest BCUT2D eigenvalue weighted by atomic mass is 79.9. The number of nitrogens with zero attached hydrogens (tertiary/aromatic N) is 1. The SMILES string of the molecule is Cc1cc(SCCO)ncc1Br. The molecule has 0 fully saturated rings. The van der Waals surface area contributed by atoms with Crippen molar-refractivity contribution < 1.29 is 5.11 Å². The van der Waals surface area contributed by atoms with Gasteiger partial charge >= 0.3 is 0 Å². The molecular formula is C8H10BrNOS. The van der Waals surface area contributed by atoms with E-state index >= 15 is 0 Å². The Balaban J connectivity index is 2.69. The first-order valence-electron chi connectivity index (χ1n) is 3.60. The first kappa shape index (κ1) is 10.0. The van der Waals surface area contributed by atoms with E-state index in [9.17, 15) is 0 Å². The summed E-state index contributed by atoms with van der Waals surface area (Å²) in [5, 5.41) is 9.56. The van der Waals surface area contributed by atoms with Gasteiger partial charge in [-0.1, -0.05) is 0 Å². The van der Waals surface area contributed by atoms with Gasteiger partial charge in [0, 0.05) is 16.4 Å². The molecule has 0 radical (unpaired) electrons. The Morgan fingerprint density at radius 1 is 1.67 bits per heavy atom. The fourth-order valence-corrected chi connectivity index (χ4v) is 1.65. The lowest BCUT2D eigenvalue weighted by molar-refractivity contribution is 0.322. The van der Waals surface area contributed by atoms with Gasteiger partial charge in [0.1, 0.15) is 0 Å². The van der Waals surface area contributed by atoms with E-state index in [4.69, 9.17) is 5.11 Å². The van der Waals surface area contributed by atoms with Gasteiger partial charge < -0.3 is 5.11 Å². The second-order valence-corrected chi connectivity index (χ2v) is 4.31. The van der Waals surface area contributed by atoms with E-state index in [0.717, 1.165) is 9.50 Å². The van der Waals surface area contributed by atoms with E-state index in [1.54, 1.807) is 18.0 Å². The quantitative estimate of drug-likeness (QED) is 0.833. The number of aromatic nitrogens is 1. The average Bonchev–Trinajstić information content (AvgIpc) is 2.07. The zero-order valence-electron chi connectivity index (χ0n) is 6.75. The number of rotatable bonds is 3. The number of aliphatic hydroxyl groups is 1. The van der Waals surface area contributed by atoms with Crippen LogP contribution in [0.15, 0.2) is 21.8 Å². The van der Waals surface area contributed by atoms with Crippen LogP contribution in [0.1, 0.15) is 5.56 Å². The minimum atomic E-state index is 0.196. The molecule has 1 N–H and O–H groups in total. The Kier molecular flexibility index (Phi) is 4.05. The molecule has 2 nitrogen and oxygen atoms in total. The molecule has 0 amide bonds. The zero-order chi connectivity index (χ0) is 8.97. The Bertz CT molecular complexity index is 267. The van der Waals surface area contributed by atoms with Gasteiger partial charge in [0.2, 0.25) is 0 Å². The van der Waals surface area contributed by atoms with Gasteiger partial charge in [-0.15, -0.1) is 11.8 Å². The maximum atomic E-state index is 8.59. The molecule has 0 atom stereocenters. The summed E-state index contributed by atoms with van der Waals surface area (Å²) in [5.74, 6) is 0.702. The van der Waals surface area contributed by atoms with E-state index in [1.165, 1.54) is 5.56 Å². The number of aryl methyl sites for hydroxylation is 1. The van der Waals surface area contributed by atoms with Gasteiger partial charge in [0.25, 0.3) is 0 Å². The van der Waals surface area contributed by atoms with E-state index in [1.807, 2.05) is 13.0 Å². The zero-order valence-corrected chi connectivity index (χ0v) is 9.15. The van der Waals surface area contributed by atoms with Crippen LogP contribution in [0.4, 0.5) is 0 Å². The molecule has 1 aromatic rings. The first-order chi connectivity index (χ1) is 5.74. The standard InChI is InChI=1S/C8H10BrNOS/c1-6-4-8(12-3-2-11)10-5-7(6)9/h4-5,11H,2-3H2,1H3. The minimum Gasteiger partial charge on any atom is -0.396 e. The number of pyridine rings is 1. The van der Waals surface area contributed by atoms with E-state index in [-0.39, 0.29) is 6.61 Å². The van der Waals surface area contributed by atoms with Crippen molar-refractivity contribution >= 4 is 27.7 Å². The number of halogens is 1. The van der Waals surface area contributed by atoms with Crippen LogP contribution in [0.2, 0.25) is 0 Å². The van der Waals surface area contributed by atoms with Crippen molar-refractivity contribution in [3.05, 3.63) is 22.3 Å². The number of hydrogen-bond acceptors (Lipinski definition) is 3. The molecule has 1 heterocycles. The first-order valence-corrected chi connectivity index (χ1v) is 5.37. The van der Waals surface area contributed by atoms with Crippen LogP contribution in [0.5, 0.6) is 0 Å². The maximum Gasteiger partial charge on any atom is 0.0964 e. The summed E-state index contributed by atoms with van der Waals surface area (Å²) >= 11 is 4.94. The van der Waals surface area contributed by atoms with Crippen LogP contribution in [-0.2, 0) is 0 Å². The smallest absolute Gasteiger partial charge is 0.0964 e. The van der Waals surface area contributed by atoms with Gasteiger partial charge in [0.15, 0.2) is 0 Å². The lowest BCUT2D eigenvalue weighted by Crippen LogP contribution is -1.88. The molecule has 0 unspecified atom stereocenters. The van der Waals surface area contributed by atoms with Crippen molar-refractivity contribution in [2.45, 2.75) is 11.9 Å². The van der Waals surface area contributed by atoms with Crippen LogP contribution in [0, 0.1) is 6.92 Å². The van der Waals surface area contributed by atoms with Crippen LogP contribution < -0.4 is 0 Å². The van der Waals surface area contributed by atoms with E-state index < -0.39 is 0 Å². The van der Waals surface area contributed by atoms with Crippen molar-refractivity contribution in [2.24, 2.45) is 0 Å². The van der Waals surface area contributed by atoms with Gasteiger partial charge in [-0.3, -0.25) is 0 Å². The van der Waals surface area contributed by atoms with Crippen LogP contribution >= 0.6 is 27.7 Å². The summed E-state index contributed by atoms with van der Waals surface area (Å²) in [5.41, 5.74) is 1.17. The molecule has 1 aromatic heterocycles. The fraction of sp³-hybridized carbons (Fsp3) is 0.375. The number of hydrogen-bond donors (Lipinski definition) is 1. The van der Waals surface area contributed by atoms with Crippen molar-refractivity contribution in [3.63, 3.8) is 0 Å². The van der Waals surface area contributed by atoms with Crippen molar-refractivity contribution in [1.82, 2.24) is 4.98 Å². The topological polar surface area (TPSA) is 33.1 Å². The van der Waals surface area contributed by atoms with Gasteiger partial charge in [-0.25, -0.2) is 4.98 Å². The summed E-state index contributed by atoms with van der Waals surface area (Å²) < 4.78 is 1.02. The molecule has 0 aromatic carbocycles. The summed E-state index contributed by atoms with van der Waals surface area (Å²) in [6.45, 7) is 2.22. The average molecular weight is 248 g/mol. The van der Waals surface area contributed by atoms with E-state index in [0.29, 0.717) is 5.75 Å². The molecular weight excluding hydrogens is 238 g/mol. The maximum absolute atomic E-state index is 8.59. The molecule has 12 heavy (non-hydrogen) atoms. The second kappa shape index (κ2) is 4.84. The van der Waals surface area contributed by atoms with Crippen LogP contribution in [0.3, 0.4) is 0 Å². The third-order valence-electron chi connectivity index (χ3n) is 1.36. The molecule has 0 aliphatic rings. The monoisotopic (exact) mass is 247 g/mol. The molecule has 4 heteroatoms. The second-order valence-electron chi connectivity index (χ2n) is 2.34. The summed E-state index contributed by atoms with van der Waals surface area (Å²) in [4.78, 5) is 4.18. The van der Waals surface area contributed by atoms with Crippen LogP contribution in [-0.4, -0.2) is 22.5 Å². The highest BCUT2D eigenvalue weighted by Crippen LogP contribution is 2.20. The third kappa shape index (κ3) is 2.77. The van der Waals surface area contributed by atoms with Crippen molar-refractivity contribution in [2.75, 3.05) is 12.4 Å². The largest absolute Gasteiger partial charge is 0.396 e. The normalized spacial score (nSPS) is 10.2. The Labute approximate surface area is 84.5 Å². The molecule has 66 valence electrons.